The summed E-state index contributed by atoms with van der Waals surface area (Å²) >= 11 is 0. The number of amides is 2. The summed E-state index contributed by atoms with van der Waals surface area (Å²) in [6, 6.07) is 0. The lowest BCUT2D eigenvalue weighted by Crippen LogP contribution is -2.54. The zero-order valence-electron chi connectivity index (χ0n) is 9.05. The van der Waals surface area contributed by atoms with Gasteiger partial charge < -0.3 is 14.9 Å². The van der Waals surface area contributed by atoms with Gasteiger partial charge in [-0.2, -0.15) is 0 Å². The lowest BCUT2D eigenvalue weighted by atomic mass is 10.3. The van der Waals surface area contributed by atoms with Crippen molar-refractivity contribution in [3.8, 4) is 0 Å². The van der Waals surface area contributed by atoms with E-state index in [0.717, 1.165) is 6.08 Å². The van der Waals surface area contributed by atoms with Crippen LogP contribution >= 0.6 is 0 Å². The Morgan fingerprint density at radius 1 is 1.31 bits per heavy atom. The summed E-state index contributed by atoms with van der Waals surface area (Å²) in [7, 11) is 0. The van der Waals surface area contributed by atoms with Crippen LogP contribution in [0.3, 0.4) is 0 Å². The number of nitrogens with zero attached hydrogens (tertiary/aromatic N) is 2. The first-order valence-corrected chi connectivity index (χ1v) is 5.04. The Hall–Kier alpha value is -1.85. The van der Waals surface area contributed by atoms with Crippen LogP contribution in [0, 0.1) is 0 Å². The highest BCUT2D eigenvalue weighted by molar-refractivity contribution is 6.35. The highest BCUT2D eigenvalue weighted by Gasteiger charge is 2.30. The van der Waals surface area contributed by atoms with Crippen molar-refractivity contribution < 1.29 is 19.5 Å². The fourth-order valence-corrected chi connectivity index (χ4v) is 1.47. The van der Waals surface area contributed by atoms with Crippen LogP contribution in [-0.4, -0.2) is 58.9 Å². The molecule has 0 saturated carbocycles. The Bertz CT molecular complexity index is 338. The number of aliphatic carboxylic acids is 1. The van der Waals surface area contributed by atoms with Crippen molar-refractivity contribution >= 4 is 17.8 Å². The van der Waals surface area contributed by atoms with Crippen molar-refractivity contribution in [1.29, 1.82) is 0 Å². The first-order valence-electron chi connectivity index (χ1n) is 5.04. The standard InChI is InChI=1S/C10H14N2O4/c1-2-11-6-7-12(10(16)9(11)15)5-3-4-8(13)14/h3-4H,2,5-7H2,1H3,(H,13,14). The molecule has 1 N–H and O–H groups in total. The SMILES string of the molecule is CCN1CCN(CC=CC(=O)O)C(=O)C1=O. The third kappa shape index (κ3) is 2.82. The molecule has 6 heteroatoms. The van der Waals surface area contributed by atoms with Gasteiger partial charge in [0, 0.05) is 32.3 Å². The molecule has 6 nitrogen and oxygen atoms in total. The molecule has 1 fully saturated rings. The molecule has 1 rings (SSSR count). The number of hydrogen-bond acceptors (Lipinski definition) is 3. The lowest BCUT2D eigenvalue weighted by molar-refractivity contribution is -0.155. The summed E-state index contributed by atoms with van der Waals surface area (Å²) in [5.41, 5.74) is 0. The summed E-state index contributed by atoms with van der Waals surface area (Å²) in [5, 5.41) is 8.38. The molecule has 0 aliphatic carbocycles. The second-order valence-corrected chi connectivity index (χ2v) is 3.38. The number of carboxylic acids is 1. The Kier molecular flexibility index (Phi) is 4.04. The van der Waals surface area contributed by atoms with E-state index in [0.29, 0.717) is 19.6 Å². The van der Waals surface area contributed by atoms with Gasteiger partial charge in [0.25, 0.3) is 0 Å². The quantitative estimate of drug-likeness (QED) is 0.509. The smallest absolute Gasteiger partial charge is 0.328 e. The molecule has 88 valence electrons. The molecule has 1 heterocycles. The highest BCUT2D eigenvalue weighted by Crippen LogP contribution is 2.04. The molecular weight excluding hydrogens is 212 g/mol. The molecule has 0 aromatic rings. The van der Waals surface area contributed by atoms with E-state index in [9.17, 15) is 14.4 Å². The van der Waals surface area contributed by atoms with Crippen molar-refractivity contribution in [1.82, 2.24) is 9.80 Å². The fraction of sp³-hybridized carbons (Fsp3) is 0.500. The molecule has 0 aromatic heterocycles. The van der Waals surface area contributed by atoms with Gasteiger partial charge in [0.2, 0.25) is 0 Å². The van der Waals surface area contributed by atoms with Crippen molar-refractivity contribution in [2.24, 2.45) is 0 Å². The van der Waals surface area contributed by atoms with E-state index >= 15 is 0 Å². The van der Waals surface area contributed by atoms with Gasteiger partial charge in [0.05, 0.1) is 0 Å². The normalized spacial score (nSPS) is 17.3. The number of piperazine rings is 1. The highest BCUT2D eigenvalue weighted by atomic mass is 16.4. The summed E-state index contributed by atoms with van der Waals surface area (Å²) in [4.78, 5) is 36.0. The van der Waals surface area contributed by atoms with E-state index in [2.05, 4.69) is 0 Å². The van der Waals surface area contributed by atoms with Crippen LogP contribution in [0.2, 0.25) is 0 Å². The molecule has 0 bridgehead atoms. The van der Waals surface area contributed by atoms with Crippen LogP contribution in [0.25, 0.3) is 0 Å². The van der Waals surface area contributed by atoms with Gasteiger partial charge in [-0.25, -0.2) is 4.79 Å². The number of carbonyl (C=O) groups is 3. The number of likely N-dealkylation sites (N-methyl/N-ethyl adjacent to an activating group) is 1. The van der Waals surface area contributed by atoms with E-state index in [1.165, 1.54) is 15.9 Å². The Morgan fingerprint density at radius 2 is 1.88 bits per heavy atom. The molecule has 0 radical (unpaired) electrons. The minimum absolute atomic E-state index is 0.161. The first kappa shape index (κ1) is 12.2. The molecule has 16 heavy (non-hydrogen) atoms. The summed E-state index contributed by atoms with van der Waals surface area (Å²) in [5.74, 6) is -2.15. The second kappa shape index (κ2) is 5.29. The van der Waals surface area contributed by atoms with Crippen LogP contribution in [0.5, 0.6) is 0 Å². The third-order valence-corrected chi connectivity index (χ3v) is 2.37. The van der Waals surface area contributed by atoms with E-state index in [1.54, 1.807) is 0 Å². The predicted octanol–water partition coefficient (Wildman–Crippen LogP) is -0.682. The van der Waals surface area contributed by atoms with Crippen LogP contribution in [-0.2, 0) is 14.4 Å². The average Bonchev–Trinajstić information content (AvgIpc) is 2.24. The van der Waals surface area contributed by atoms with E-state index in [-0.39, 0.29) is 6.54 Å². The minimum atomic E-state index is -1.06. The van der Waals surface area contributed by atoms with Crippen molar-refractivity contribution in [3.05, 3.63) is 12.2 Å². The molecule has 1 aliphatic rings. The van der Waals surface area contributed by atoms with Crippen LogP contribution in [0.15, 0.2) is 12.2 Å². The molecule has 1 saturated heterocycles. The van der Waals surface area contributed by atoms with E-state index in [4.69, 9.17) is 5.11 Å². The summed E-state index contributed by atoms with van der Waals surface area (Å²) < 4.78 is 0. The van der Waals surface area contributed by atoms with Crippen molar-refractivity contribution in [2.75, 3.05) is 26.2 Å². The molecule has 0 atom stereocenters. The van der Waals surface area contributed by atoms with Crippen LogP contribution < -0.4 is 0 Å². The number of carboxylic acid groups (broad SMARTS) is 1. The Balaban J connectivity index is 2.55. The van der Waals surface area contributed by atoms with Gasteiger partial charge in [0.15, 0.2) is 0 Å². The molecule has 0 aromatic carbocycles. The molecule has 0 spiro atoms. The minimum Gasteiger partial charge on any atom is -0.478 e. The number of carbonyl (C=O) groups excluding carboxylic acids is 2. The van der Waals surface area contributed by atoms with Crippen LogP contribution in [0.1, 0.15) is 6.92 Å². The van der Waals surface area contributed by atoms with Crippen molar-refractivity contribution in [2.45, 2.75) is 6.92 Å². The number of rotatable bonds is 4. The van der Waals surface area contributed by atoms with Gasteiger partial charge >= 0.3 is 17.8 Å². The first-order chi connectivity index (χ1) is 7.56. The zero-order chi connectivity index (χ0) is 12.1. The summed E-state index contributed by atoms with van der Waals surface area (Å²) in [6.45, 7) is 3.44. The number of hydrogen-bond donors (Lipinski definition) is 1. The van der Waals surface area contributed by atoms with Gasteiger partial charge in [-0.3, -0.25) is 9.59 Å². The third-order valence-electron chi connectivity index (χ3n) is 2.37. The summed E-state index contributed by atoms with van der Waals surface area (Å²) in [6.07, 6.45) is 2.32. The predicted molar refractivity (Wildman–Crippen MR) is 55.6 cm³/mol. The lowest BCUT2D eigenvalue weighted by Gasteiger charge is -2.32. The van der Waals surface area contributed by atoms with Gasteiger partial charge in [0.1, 0.15) is 0 Å². The fourth-order valence-electron chi connectivity index (χ4n) is 1.47. The maximum Gasteiger partial charge on any atom is 0.328 e. The molecular formula is C10H14N2O4. The van der Waals surface area contributed by atoms with Crippen LogP contribution in [0.4, 0.5) is 0 Å². The van der Waals surface area contributed by atoms with Crippen molar-refractivity contribution in [3.63, 3.8) is 0 Å². The van der Waals surface area contributed by atoms with E-state index < -0.39 is 17.8 Å². The largest absolute Gasteiger partial charge is 0.478 e. The second-order valence-electron chi connectivity index (χ2n) is 3.38. The van der Waals surface area contributed by atoms with Gasteiger partial charge in [-0.1, -0.05) is 6.08 Å². The monoisotopic (exact) mass is 226 g/mol. The zero-order valence-corrected chi connectivity index (χ0v) is 9.05. The Labute approximate surface area is 93.1 Å². The maximum absolute atomic E-state index is 11.5. The molecule has 0 unspecified atom stereocenters. The maximum atomic E-state index is 11.5. The van der Waals surface area contributed by atoms with E-state index in [1.807, 2.05) is 6.92 Å². The Morgan fingerprint density at radius 3 is 2.44 bits per heavy atom. The van der Waals surface area contributed by atoms with Gasteiger partial charge in [-0.05, 0) is 6.92 Å². The molecule has 2 amide bonds. The topological polar surface area (TPSA) is 77.9 Å². The van der Waals surface area contributed by atoms with Gasteiger partial charge in [-0.15, -0.1) is 0 Å². The molecule has 1 aliphatic heterocycles. The average molecular weight is 226 g/mol.